The van der Waals surface area contributed by atoms with Gasteiger partial charge >= 0.3 is 5.97 Å². The van der Waals surface area contributed by atoms with Crippen LogP contribution in [0.3, 0.4) is 0 Å². The monoisotopic (exact) mass is 441 g/mol. The first-order chi connectivity index (χ1) is 15.0. The number of likely N-dealkylation sites (tertiary alicyclic amines) is 1. The number of carbonyl (C=O) groups excluding carboxylic acids is 2. The van der Waals surface area contributed by atoms with Crippen molar-refractivity contribution in [1.82, 2.24) is 9.88 Å². The van der Waals surface area contributed by atoms with Crippen LogP contribution in [0, 0.1) is 5.82 Å². The van der Waals surface area contributed by atoms with Crippen molar-refractivity contribution in [1.29, 1.82) is 0 Å². The molecule has 1 atom stereocenters. The molecular weight excluding hydrogens is 417 g/mol. The number of hydrogen-bond donors (Lipinski definition) is 1. The van der Waals surface area contributed by atoms with Crippen molar-refractivity contribution < 1.29 is 18.7 Å². The molecule has 0 radical (unpaired) electrons. The average Bonchev–Trinajstić information content (AvgIpc) is 3.12. The summed E-state index contributed by atoms with van der Waals surface area (Å²) in [5, 5.41) is 3.41. The first-order valence-electron chi connectivity index (χ1n) is 10.3. The average molecular weight is 442 g/mol. The van der Waals surface area contributed by atoms with Crippen LogP contribution in [0.4, 0.5) is 10.1 Å². The standard InChI is InChI=1S/C23H24FN3O3S/c1-14-6-3-4-11-27(14)13-17-9-10-18-19(20(23(29)30-2)31-22(18)25-17)26-21(28)15-7-5-8-16(24)12-15/h5,7-10,12,14H,3-4,6,11,13H2,1-2H3,(H,26,28)/t14-/m1/s1. The molecule has 1 aromatic carbocycles. The van der Waals surface area contributed by atoms with E-state index in [0.29, 0.717) is 21.9 Å². The highest BCUT2D eigenvalue weighted by molar-refractivity contribution is 7.21. The number of methoxy groups -OCH3 is 1. The van der Waals surface area contributed by atoms with Crippen LogP contribution in [-0.4, -0.2) is 41.5 Å². The Labute approximate surface area is 184 Å². The van der Waals surface area contributed by atoms with E-state index in [2.05, 4.69) is 17.1 Å². The van der Waals surface area contributed by atoms with E-state index in [1.165, 1.54) is 55.9 Å². The van der Waals surface area contributed by atoms with Crippen LogP contribution in [0.15, 0.2) is 36.4 Å². The highest BCUT2D eigenvalue weighted by Gasteiger charge is 2.24. The Morgan fingerprint density at radius 2 is 2.13 bits per heavy atom. The number of carbonyl (C=O) groups is 2. The van der Waals surface area contributed by atoms with Crippen LogP contribution in [0.25, 0.3) is 10.2 Å². The molecule has 4 rings (SSSR count). The minimum atomic E-state index is -0.552. The third-order valence-corrected chi connectivity index (χ3v) is 6.69. The van der Waals surface area contributed by atoms with Gasteiger partial charge in [0.05, 0.1) is 18.5 Å². The fourth-order valence-corrected chi connectivity index (χ4v) is 4.95. The number of nitrogens with zero attached hydrogens (tertiary/aromatic N) is 2. The van der Waals surface area contributed by atoms with Gasteiger partial charge in [-0.3, -0.25) is 9.69 Å². The number of hydrogen-bond acceptors (Lipinski definition) is 6. The lowest BCUT2D eigenvalue weighted by molar-refractivity contribution is 0.0607. The van der Waals surface area contributed by atoms with Gasteiger partial charge in [-0.2, -0.15) is 0 Å². The Bertz CT molecular complexity index is 1130. The van der Waals surface area contributed by atoms with Gasteiger partial charge in [0.25, 0.3) is 5.91 Å². The molecule has 0 saturated carbocycles. The number of benzene rings is 1. The summed E-state index contributed by atoms with van der Waals surface area (Å²) in [6.07, 6.45) is 3.63. The molecule has 1 amide bonds. The smallest absolute Gasteiger partial charge is 0.350 e. The minimum absolute atomic E-state index is 0.166. The Kier molecular flexibility index (Phi) is 6.29. The van der Waals surface area contributed by atoms with Crippen molar-refractivity contribution in [3.63, 3.8) is 0 Å². The number of halogens is 1. The second-order valence-corrected chi connectivity index (χ2v) is 8.73. The number of esters is 1. The quantitative estimate of drug-likeness (QED) is 0.573. The Balaban J connectivity index is 1.66. The Morgan fingerprint density at radius 3 is 2.87 bits per heavy atom. The second kappa shape index (κ2) is 9.11. The molecule has 1 aliphatic rings. The number of rotatable bonds is 5. The van der Waals surface area contributed by atoms with E-state index < -0.39 is 17.7 Å². The van der Waals surface area contributed by atoms with Crippen molar-refractivity contribution in [2.24, 2.45) is 0 Å². The molecule has 1 N–H and O–H groups in total. The zero-order valence-electron chi connectivity index (χ0n) is 17.5. The minimum Gasteiger partial charge on any atom is -0.465 e. The second-order valence-electron chi connectivity index (χ2n) is 7.73. The molecular formula is C23H24FN3O3S. The van der Waals surface area contributed by atoms with E-state index in [-0.39, 0.29) is 10.4 Å². The molecule has 31 heavy (non-hydrogen) atoms. The first-order valence-corrected chi connectivity index (χ1v) is 11.1. The van der Waals surface area contributed by atoms with E-state index in [1.54, 1.807) is 0 Å². The van der Waals surface area contributed by atoms with E-state index >= 15 is 0 Å². The lowest BCUT2D eigenvalue weighted by Crippen LogP contribution is -2.36. The number of aromatic nitrogens is 1. The topological polar surface area (TPSA) is 71.5 Å². The van der Waals surface area contributed by atoms with E-state index in [9.17, 15) is 14.0 Å². The fraction of sp³-hybridized carbons (Fsp3) is 0.348. The van der Waals surface area contributed by atoms with Gasteiger partial charge < -0.3 is 10.1 Å². The molecule has 0 bridgehead atoms. The first kappa shape index (κ1) is 21.4. The molecule has 162 valence electrons. The summed E-state index contributed by atoms with van der Waals surface area (Å²) in [5.41, 5.74) is 1.42. The number of nitrogens with one attached hydrogen (secondary N) is 1. The molecule has 0 unspecified atom stereocenters. The summed E-state index contributed by atoms with van der Waals surface area (Å²) in [5.74, 6) is -1.56. The lowest BCUT2D eigenvalue weighted by atomic mass is 10.0. The van der Waals surface area contributed by atoms with Gasteiger partial charge in [-0.05, 0) is 56.6 Å². The van der Waals surface area contributed by atoms with Gasteiger partial charge in [0.15, 0.2) is 0 Å². The van der Waals surface area contributed by atoms with Gasteiger partial charge in [0, 0.05) is 23.5 Å². The third kappa shape index (κ3) is 4.60. The molecule has 3 aromatic rings. The van der Waals surface area contributed by atoms with Gasteiger partial charge in [-0.15, -0.1) is 11.3 Å². The van der Waals surface area contributed by atoms with E-state index in [0.717, 1.165) is 24.8 Å². The van der Waals surface area contributed by atoms with Gasteiger partial charge in [0.1, 0.15) is 15.5 Å². The predicted molar refractivity (Wildman–Crippen MR) is 119 cm³/mol. The number of amides is 1. The van der Waals surface area contributed by atoms with Crippen molar-refractivity contribution in [2.45, 2.75) is 38.8 Å². The summed E-state index contributed by atoms with van der Waals surface area (Å²) in [7, 11) is 1.29. The maximum Gasteiger partial charge on any atom is 0.350 e. The number of thiophene rings is 1. The van der Waals surface area contributed by atoms with Crippen molar-refractivity contribution >= 4 is 39.1 Å². The lowest BCUT2D eigenvalue weighted by Gasteiger charge is -2.32. The van der Waals surface area contributed by atoms with Gasteiger partial charge in [-0.1, -0.05) is 12.5 Å². The predicted octanol–water partition coefficient (Wildman–Crippen LogP) is 4.85. The van der Waals surface area contributed by atoms with Crippen LogP contribution in [0.1, 0.15) is 51.9 Å². The fourth-order valence-electron chi connectivity index (χ4n) is 3.88. The maximum atomic E-state index is 13.5. The van der Waals surface area contributed by atoms with E-state index in [1.807, 2.05) is 12.1 Å². The van der Waals surface area contributed by atoms with Crippen LogP contribution in [0.2, 0.25) is 0 Å². The summed E-state index contributed by atoms with van der Waals surface area (Å²) in [6.45, 7) is 4.03. The van der Waals surface area contributed by atoms with Crippen LogP contribution in [-0.2, 0) is 11.3 Å². The normalized spacial score (nSPS) is 16.9. The number of piperidine rings is 1. The Hall–Kier alpha value is -2.84. The number of ether oxygens (including phenoxy) is 1. The molecule has 1 fully saturated rings. The van der Waals surface area contributed by atoms with Gasteiger partial charge in [0.2, 0.25) is 0 Å². The molecule has 2 aromatic heterocycles. The SMILES string of the molecule is COC(=O)c1sc2nc(CN3CCCC[C@H]3C)ccc2c1NC(=O)c1cccc(F)c1. The van der Waals surface area contributed by atoms with Crippen LogP contribution in [0.5, 0.6) is 0 Å². The number of fused-ring (bicyclic) bond motifs is 1. The molecule has 0 aliphatic carbocycles. The van der Waals surface area contributed by atoms with Crippen molar-refractivity contribution in [3.8, 4) is 0 Å². The number of anilines is 1. The zero-order chi connectivity index (χ0) is 22.0. The molecule has 1 aliphatic heterocycles. The summed E-state index contributed by atoms with van der Waals surface area (Å²) < 4.78 is 18.4. The van der Waals surface area contributed by atoms with E-state index in [4.69, 9.17) is 9.72 Å². The van der Waals surface area contributed by atoms with Gasteiger partial charge in [-0.25, -0.2) is 14.2 Å². The highest BCUT2D eigenvalue weighted by atomic mass is 32.1. The summed E-state index contributed by atoms with van der Waals surface area (Å²) in [6, 6.07) is 9.71. The molecule has 1 saturated heterocycles. The van der Waals surface area contributed by atoms with Crippen molar-refractivity contribution in [3.05, 3.63) is 58.3 Å². The van der Waals surface area contributed by atoms with Crippen LogP contribution < -0.4 is 5.32 Å². The zero-order valence-corrected chi connectivity index (χ0v) is 18.3. The Morgan fingerprint density at radius 1 is 1.29 bits per heavy atom. The largest absolute Gasteiger partial charge is 0.465 e. The van der Waals surface area contributed by atoms with Crippen LogP contribution >= 0.6 is 11.3 Å². The molecule has 0 spiro atoms. The molecule has 3 heterocycles. The third-order valence-electron chi connectivity index (χ3n) is 5.61. The summed E-state index contributed by atoms with van der Waals surface area (Å²) >= 11 is 1.18. The summed E-state index contributed by atoms with van der Waals surface area (Å²) in [4.78, 5) is 33.1. The highest BCUT2D eigenvalue weighted by Crippen LogP contribution is 2.36. The van der Waals surface area contributed by atoms with Crippen molar-refractivity contribution in [2.75, 3.05) is 19.0 Å². The molecule has 8 heteroatoms. The molecule has 6 nitrogen and oxygen atoms in total. The number of pyridine rings is 1. The maximum absolute atomic E-state index is 13.5.